The van der Waals surface area contributed by atoms with Crippen LogP contribution in [0.1, 0.15) is 21.6 Å². The summed E-state index contributed by atoms with van der Waals surface area (Å²) in [6, 6.07) is 9.70. The summed E-state index contributed by atoms with van der Waals surface area (Å²) in [7, 11) is 0. The molecule has 3 aromatic heterocycles. The number of halogens is 1. The summed E-state index contributed by atoms with van der Waals surface area (Å²) in [5, 5.41) is 0.834. The van der Waals surface area contributed by atoms with Crippen molar-refractivity contribution in [2.75, 3.05) is 0 Å². The standard InChI is InChI=1S/C18H14BrN3O2/c1-11-3-2-6-22-9-13(21-17(11)22)10-24-18(23)15-8-20-16-5-4-12(19)7-14(15)16/h2-9,20H,10H2,1H3. The van der Waals surface area contributed by atoms with E-state index >= 15 is 0 Å². The lowest BCUT2D eigenvalue weighted by Crippen LogP contribution is -2.04. The summed E-state index contributed by atoms with van der Waals surface area (Å²) >= 11 is 3.42. The number of aromatic amines is 1. The third kappa shape index (κ3) is 2.59. The maximum absolute atomic E-state index is 12.4. The van der Waals surface area contributed by atoms with Crippen molar-refractivity contribution in [3.63, 3.8) is 0 Å². The van der Waals surface area contributed by atoms with Gasteiger partial charge in [-0.05, 0) is 36.8 Å². The molecule has 0 aliphatic heterocycles. The molecule has 1 aromatic carbocycles. The zero-order chi connectivity index (χ0) is 16.7. The van der Waals surface area contributed by atoms with Crippen LogP contribution < -0.4 is 0 Å². The minimum Gasteiger partial charge on any atom is -0.455 e. The average molecular weight is 384 g/mol. The van der Waals surface area contributed by atoms with Crippen molar-refractivity contribution < 1.29 is 9.53 Å². The van der Waals surface area contributed by atoms with E-state index in [1.165, 1.54) is 0 Å². The van der Waals surface area contributed by atoms with Crippen molar-refractivity contribution in [2.24, 2.45) is 0 Å². The van der Waals surface area contributed by atoms with Gasteiger partial charge in [0.25, 0.3) is 0 Å². The highest BCUT2D eigenvalue weighted by Gasteiger charge is 2.14. The van der Waals surface area contributed by atoms with Crippen LogP contribution in [-0.4, -0.2) is 20.3 Å². The van der Waals surface area contributed by atoms with Gasteiger partial charge in [-0.15, -0.1) is 0 Å². The van der Waals surface area contributed by atoms with Gasteiger partial charge in [0.2, 0.25) is 0 Å². The molecule has 0 fully saturated rings. The number of pyridine rings is 1. The van der Waals surface area contributed by atoms with Crippen LogP contribution in [0.3, 0.4) is 0 Å². The Morgan fingerprint density at radius 3 is 3.08 bits per heavy atom. The van der Waals surface area contributed by atoms with Gasteiger partial charge in [0.05, 0.1) is 11.3 Å². The SMILES string of the molecule is Cc1cccn2cc(COC(=O)c3c[nH]c4ccc(Br)cc34)nc12. The number of nitrogens with zero attached hydrogens (tertiary/aromatic N) is 2. The second-order valence-corrected chi connectivity index (χ2v) is 6.54. The lowest BCUT2D eigenvalue weighted by Gasteiger charge is -2.01. The number of rotatable bonds is 3. The van der Waals surface area contributed by atoms with Crippen molar-refractivity contribution in [3.8, 4) is 0 Å². The van der Waals surface area contributed by atoms with Crippen molar-refractivity contribution in [1.29, 1.82) is 0 Å². The summed E-state index contributed by atoms with van der Waals surface area (Å²) in [6.45, 7) is 2.14. The molecule has 24 heavy (non-hydrogen) atoms. The van der Waals surface area contributed by atoms with E-state index in [0.29, 0.717) is 5.56 Å². The predicted octanol–water partition coefficient (Wildman–Crippen LogP) is 4.24. The van der Waals surface area contributed by atoms with Crippen LogP contribution in [0.15, 0.2) is 53.4 Å². The Hall–Kier alpha value is -2.60. The van der Waals surface area contributed by atoms with Gasteiger partial charge in [0.15, 0.2) is 0 Å². The zero-order valence-corrected chi connectivity index (χ0v) is 14.5. The number of ether oxygens (including phenoxy) is 1. The summed E-state index contributed by atoms with van der Waals surface area (Å²) in [5.74, 6) is -0.367. The first-order valence-corrected chi connectivity index (χ1v) is 8.28. The first-order chi connectivity index (χ1) is 11.6. The molecule has 4 aromatic rings. The number of nitrogens with one attached hydrogen (secondary N) is 1. The van der Waals surface area contributed by atoms with Gasteiger partial charge >= 0.3 is 5.97 Å². The molecule has 0 spiro atoms. The molecule has 120 valence electrons. The van der Waals surface area contributed by atoms with E-state index in [2.05, 4.69) is 25.9 Å². The smallest absolute Gasteiger partial charge is 0.340 e. The van der Waals surface area contributed by atoms with Gasteiger partial charge < -0.3 is 14.1 Å². The quantitative estimate of drug-likeness (QED) is 0.538. The molecule has 0 saturated carbocycles. The van der Waals surface area contributed by atoms with Gasteiger partial charge in [-0.2, -0.15) is 0 Å². The summed E-state index contributed by atoms with van der Waals surface area (Å²) in [4.78, 5) is 20.0. The minimum absolute atomic E-state index is 0.140. The Bertz CT molecular complexity index is 1060. The van der Waals surface area contributed by atoms with Gasteiger partial charge in [-0.25, -0.2) is 9.78 Å². The number of carbonyl (C=O) groups excluding carboxylic acids is 1. The number of fused-ring (bicyclic) bond motifs is 2. The second-order valence-electron chi connectivity index (χ2n) is 5.62. The first-order valence-electron chi connectivity index (χ1n) is 7.49. The van der Waals surface area contributed by atoms with Crippen molar-refractivity contribution in [2.45, 2.75) is 13.5 Å². The van der Waals surface area contributed by atoms with E-state index in [9.17, 15) is 4.79 Å². The Morgan fingerprint density at radius 2 is 2.25 bits per heavy atom. The molecule has 0 aliphatic carbocycles. The second kappa shape index (κ2) is 5.79. The fourth-order valence-electron chi connectivity index (χ4n) is 2.75. The Labute approximate surface area is 146 Å². The highest BCUT2D eigenvalue weighted by Crippen LogP contribution is 2.23. The lowest BCUT2D eigenvalue weighted by molar-refractivity contribution is 0.0470. The normalized spacial score (nSPS) is 11.2. The van der Waals surface area contributed by atoms with Crippen molar-refractivity contribution in [3.05, 3.63) is 70.2 Å². The van der Waals surface area contributed by atoms with Gasteiger partial charge in [0, 0.05) is 34.0 Å². The van der Waals surface area contributed by atoms with Crippen LogP contribution in [0.25, 0.3) is 16.6 Å². The summed E-state index contributed by atoms with van der Waals surface area (Å²) in [5.41, 5.74) is 4.09. The maximum atomic E-state index is 12.4. The first kappa shape index (κ1) is 15.0. The fourth-order valence-corrected chi connectivity index (χ4v) is 3.11. The molecule has 1 N–H and O–H groups in total. The monoisotopic (exact) mass is 383 g/mol. The minimum atomic E-state index is -0.367. The van der Waals surface area contributed by atoms with Gasteiger partial charge in [-0.1, -0.05) is 22.0 Å². The van der Waals surface area contributed by atoms with Crippen LogP contribution >= 0.6 is 15.9 Å². The van der Waals surface area contributed by atoms with E-state index in [4.69, 9.17) is 4.74 Å². The maximum Gasteiger partial charge on any atom is 0.340 e. The largest absolute Gasteiger partial charge is 0.455 e. The number of aromatic nitrogens is 3. The Morgan fingerprint density at radius 1 is 1.38 bits per heavy atom. The molecule has 0 aliphatic rings. The van der Waals surface area contributed by atoms with Crippen molar-refractivity contribution in [1.82, 2.24) is 14.4 Å². The third-order valence-electron chi connectivity index (χ3n) is 3.94. The van der Waals surface area contributed by atoms with E-state index in [1.54, 1.807) is 6.20 Å². The summed E-state index contributed by atoms with van der Waals surface area (Å²) < 4.78 is 8.29. The Balaban J connectivity index is 1.57. The zero-order valence-electron chi connectivity index (χ0n) is 12.9. The molecular formula is C18H14BrN3O2. The number of H-pyrrole nitrogens is 1. The molecule has 0 radical (unpaired) electrons. The fraction of sp³-hybridized carbons (Fsp3) is 0.111. The third-order valence-corrected chi connectivity index (χ3v) is 4.44. The van der Waals surface area contributed by atoms with Crippen molar-refractivity contribution >= 4 is 38.4 Å². The number of carbonyl (C=O) groups is 1. The highest BCUT2D eigenvalue weighted by atomic mass is 79.9. The van der Waals surface area contributed by atoms with Crippen LogP contribution in [0, 0.1) is 6.92 Å². The van der Waals surface area contributed by atoms with Gasteiger partial charge in [0.1, 0.15) is 12.3 Å². The molecule has 0 saturated heterocycles. The van der Waals surface area contributed by atoms with Crippen LogP contribution in [0.5, 0.6) is 0 Å². The van der Waals surface area contributed by atoms with E-state index in [0.717, 1.165) is 32.3 Å². The number of hydrogen-bond acceptors (Lipinski definition) is 3. The number of benzene rings is 1. The highest BCUT2D eigenvalue weighted by molar-refractivity contribution is 9.10. The number of imidazole rings is 1. The molecule has 6 heteroatoms. The van der Waals surface area contributed by atoms with E-state index < -0.39 is 0 Å². The molecule has 3 heterocycles. The van der Waals surface area contributed by atoms with Crippen LogP contribution in [0.4, 0.5) is 0 Å². The average Bonchev–Trinajstić information content (AvgIpc) is 3.17. The number of aryl methyl sites for hydroxylation is 1. The lowest BCUT2D eigenvalue weighted by atomic mass is 10.2. The molecule has 0 unspecified atom stereocenters. The van der Waals surface area contributed by atoms with E-state index in [-0.39, 0.29) is 12.6 Å². The predicted molar refractivity (Wildman–Crippen MR) is 95.0 cm³/mol. The molecule has 0 atom stereocenters. The van der Waals surface area contributed by atoms with Gasteiger partial charge in [-0.3, -0.25) is 0 Å². The van der Waals surface area contributed by atoms with E-state index in [1.807, 2.05) is 54.0 Å². The number of esters is 1. The topological polar surface area (TPSA) is 59.4 Å². The Kier molecular flexibility index (Phi) is 3.61. The molecular weight excluding hydrogens is 370 g/mol. The summed E-state index contributed by atoms with van der Waals surface area (Å²) in [6.07, 6.45) is 5.48. The van der Waals surface area contributed by atoms with Crippen LogP contribution in [-0.2, 0) is 11.3 Å². The molecule has 4 rings (SSSR count). The molecule has 5 nitrogen and oxygen atoms in total. The number of hydrogen-bond donors (Lipinski definition) is 1. The van der Waals surface area contributed by atoms with Crippen LogP contribution in [0.2, 0.25) is 0 Å². The molecule has 0 bridgehead atoms. The molecule has 0 amide bonds.